The van der Waals surface area contributed by atoms with Crippen molar-refractivity contribution in [3.8, 4) is 5.75 Å². The van der Waals surface area contributed by atoms with Gasteiger partial charge in [0.2, 0.25) is 0 Å². The summed E-state index contributed by atoms with van der Waals surface area (Å²) in [5.74, 6) is 0.290. The average Bonchev–Trinajstić information content (AvgIpc) is 2.16. The summed E-state index contributed by atoms with van der Waals surface area (Å²) in [6.45, 7) is 6.34. The normalized spacial score (nSPS) is 10.5. The maximum atomic E-state index is 9.35. The van der Waals surface area contributed by atoms with E-state index in [0.29, 0.717) is 32.2 Å². The largest absolute Gasteiger partial charge is 0.508 e. The zero-order chi connectivity index (χ0) is 11.1. The van der Waals surface area contributed by atoms with Gasteiger partial charge in [-0.3, -0.25) is 0 Å². The fraction of sp³-hybridized carbons (Fsp3) is 0.500. The van der Waals surface area contributed by atoms with E-state index in [2.05, 4.69) is 0 Å². The molecule has 0 saturated heterocycles. The first-order valence-corrected chi connectivity index (χ1v) is 5.17. The third-order valence-corrected chi connectivity index (χ3v) is 1.97. The molecule has 15 heavy (non-hydrogen) atoms. The molecule has 0 fully saturated rings. The minimum absolute atomic E-state index is 0.290. The van der Waals surface area contributed by atoms with Crippen LogP contribution in [0.1, 0.15) is 18.1 Å². The standard InChI is InChI=1S/C12H18O3/c1-3-14-4-5-15-9-11-6-10(2)7-12(13)8-11/h6-8,13H,3-5,9H2,1-2H3. The van der Waals surface area contributed by atoms with Gasteiger partial charge in [-0.2, -0.15) is 0 Å². The maximum Gasteiger partial charge on any atom is 0.116 e. The topological polar surface area (TPSA) is 38.7 Å². The fourth-order valence-corrected chi connectivity index (χ4v) is 1.38. The highest BCUT2D eigenvalue weighted by atomic mass is 16.5. The lowest BCUT2D eigenvalue weighted by Gasteiger charge is -2.06. The molecule has 1 N–H and O–H groups in total. The molecule has 1 rings (SSSR count). The average molecular weight is 210 g/mol. The number of phenolic OH excluding ortho intramolecular Hbond substituents is 1. The van der Waals surface area contributed by atoms with Crippen LogP contribution < -0.4 is 0 Å². The number of hydrogen-bond acceptors (Lipinski definition) is 3. The number of rotatable bonds is 6. The van der Waals surface area contributed by atoms with Crippen molar-refractivity contribution in [3.63, 3.8) is 0 Å². The summed E-state index contributed by atoms with van der Waals surface area (Å²) >= 11 is 0. The van der Waals surface area contributed by atoms with Gasteiger partial charge in [0.25, 0.3) is 0 Å². The second-order valence-electron chi connectivity index (χ2n) is 3.43. The Labute approximate surface area is 90.6 Å². The van der Waals surface area contributed by atoms with E-state index >= 15 is 0 Å². The first-order valence-electron chi connectivity index (χ1n) is 5.17. The third kappa shape index (κ3) is 4.81. The van der Waals surface area contributed by atoms with Gasteiger partial charge in [-0.1, -0.05) is 6.07 Å². The quantitative estimate of drug-likeness (QED) is 0.732. The summed E-state index contributed by atoms with van der Waals surface area (Å²) in [4.78, 5) is 0. The van der Waals surface area contributed by atoms with Gasteiger partial charge < -0.3 is 14.6 Å². The van der Waals surface area contributed by atoms with Crippen LogP contribution in [0.4, 0.5) is 0 Å². The lowest BCUT2D eigenvalue weighted by molar-refractivity contribution is 0.0452. The summed E-state index contributed by atoms with van der Waals surface area (Å²) in [5.41, 5.74) is 2.03. The number of phenols is 1. The summed E-state index contributed by atoms with van der Waals surface area (Å²) in [5, 5.41) is 9.35. The lowest BCUT2D eigenvalue weighted by Crippen LogP contribution is -2.03. The van der Waals surface area contributed by atoms with Gasteiger partial charge in [0.15, 0.2) is 0 Å². The Morgan fingerprint density at radius 2 is 1.87 bits per heavy atom. The van der Waals surface area contributed by atoms with Crippen molar-refractivity contribution in [2.45, 2.75) is 20.5 Å². The first kappa shape index (κ1) is 12.0. The van der Waals surface area contributed by atoms with Crippen molar-refractivity contribution in [3.05, 3.63) is 29.3 Å². The van der Waals surface area contributed by atoms with Crippen LogP contribution in [0.5, 0.6) is 5.75 Å². The zero-order valence-corrected chi connectivity index (χ0v) is 9.32. The van der Waals surface area contributed by atoms with Crippen LogP contribution >= 0.6 is 0 Å². The molecule has 0 saturated carbocycles. The molecule has 0 aliphatic heterocycles. The SMILES string of the molecule is CCOCCOCc1cc(C)cc(O)c1. The van der Waals surface area contributed by atoms with Crippen LogP contribution in [0.3, 0.4) is 0 Å². The Hall–Kier alpha value is -1.06. The summed E-state index contributed by atoms with van der Waals surface area (Å²) < 4.78 is 10.5. The molecular weight excluding hydrogens is 192 g/mol. The van der Waals surface area contributed by atoms with Crippen LogP contribution in [0.2, 0.25) is 0 Å². The predicted octanol–water partition coefficient (Wildman–Crippen LogP) is 2.25. The van der Waals surface area contributed by atoms with Crippen LogP contribution in [0, 0.1) is 6.92 Å². The fourth-order valence-electron chi connectivity index (χ4n) is 1.38. The molecule has 0 bridgehead atoms. The molecule has 0 aromatic heterocycles. The number of ether oxygens (including phenoxy) is 2. The van der Waals surface area contributed by atoms with Crippen LogP contribution in [-0.4, -0.2) is 24.9 Å². The number of benzene rings is 1. The summed E-state index contributed by atoms with van der Waals surface area (Å²) in [6, 6.07) is 5.44. The van der Waals surface area contributed by atoms with Gasteiger partial charge in [0.1, 0.15) is 5.75 Å². The van der Waals surface area contributed by atoms with Crippen molar-refractivity contribution in [1.29, 1.82) is 0 Å². The van der Waals surface area contributed by atoms with E-state index in [4.69, 9.17) is 9.47 Å². The molecule has 84 valence electrons. The zero-order valence-electron chi connectivity index (χ0n) is 9.32. The molecule has 0 amide bonds. The van der Waals surface area contributed by atoms with E-state index in [1.54, 1.807) is 12.1 Å². The molecule has 1 aromatic rings. The number of hydrogen-bond donors (Lipinski definition) is 1. The van der Waals surface area contributed by atoms with E-state index in [9.17, 15) is 5.11 Å². The molecule has 0 aliphatic rings. The van der Waals surface area contributed by atoms with Crippen LogP contribution in [0.25, 0.3) is 0 Å². The van der Waals surface area contributed by atoms with E-state index < -0.39 is 0 Å². The molecule has 0 unspecified atom stereocenters. The van der Waals surface area contributed by atoms with E-state index in [0.717, 1.165) is 11.1 Å². The summed E-state index contributed by atoms with van der Waals surface area (Å²) in [7, 11) is 0. The van der Waals surface area contributed by atoms with Crippen LogP contribution in [-0.2, 0) is 16.1 Å². The lowest BCUT2D eigenvalue weighted by atomic mass is 10.1. The van der Waals surface area contributed by atoms with E-state index in [-0.39, 0.29) is 0 Å². The minimum atomic E-state index is 0.290. The Morgan fingerprint density at radius 3 is 2.53 bits per heavy atom. The molecule has 0 aliphatic carbocycles. The Balaban J connectivity index is 2.31. The van der Waals surface area contributed by atoms with Gasteiger partial charge in [0, 0.05) is 6.61 Å². The van der Waals surface area contributed by atoms with Crippen LogP contribution in [0.15, 0.2) is 18.2 Å². The van der Waals surface area contributed by atoms with Crippen molar-refractivity contribution in [1.82, 2.24) is 0 Å². The van der Waals surface area contributed by atoms with Crippen molar-refractivity contribution in [2.75, 3.05) is 19.8 Å². The molecule has 0 heterocycles. The molecule has 0 atom stereocenters. The smallest absolute Gasteiger partial charge is 0.116 e. The monoisotopic (exact) mass is 210 g/mol. The number of aromatic hydroxyl groups is 1. The molecular formula is C12H18O3. The van der Waals surface area contributed by atoms with Crippen molar-refractivity contribution in [2.24, 2.45) is 0 Å². The number of aryl methyl sites for hydroxylation is 1. The van der Waals surface area contributed by atoms with Gasteiger partial charge in [-0.25, -0.2) is 0 Å². The predicted molar refractivity (Wildman–Crippen MR) is 59.0 cm³/mol. The Bertz CT molecular complexity index is 277. The van der Waals surface area contributed by atoms with E-state index in [1.165, 1.54) is 0 Å². The highest BCUT2D eigenvalue weighted by Gasteiger charge is 1.97. The Morgan fingerprint density at radius 1 is 1.13 bits per heavy atom. The maximum absolute atomic E-state index is 9.35. The molecule has 0 spiro atoms. The molecule has 0 radical (unpaired) electrons. The van der Waals surface area contributed by atoms with Gasteiger partial charge in [0.05, 0.1) is 19.8 Å². The van der Waals surface area contributed by atoms with Gasteiger partial charge in [-0.05, 0) is 37.1 Å². The first-order chi connectivity index (χ1) is 7.22. The highest BCUT2D eigenvalue weighted by molar-refractivity contribution is 5.32. The summed E-state index contributed by atoms with van der Waals surface area (Å²) in [6.07, 6.45) is 0. The van der Waals surface area contributed by atoms with Gasteiger partial charge >= 0.3 is 0 Å². The Kier molecular flexibility index (Phi) is 5.15. The van der Waals surface area contributed by atoms with E-state index in [1.807, 2.05) is 19.9 Å². The van der Waals surface area contributed by atoms with Gasteiger partial charge in [-0.15, -0.1) is 0 Å². The second kappa shape index (κ2) is 6.43. The minimum Gasteiger partial charge on any atom is -0.508 e. The highest BCUT2D eigenvalue weighted by Crippen LogP contribution is 2.15. The van der Waals surface area contributed by atoms with Crippen molar-refractivity contribution >= 4 is 0 Å². The third-order valence-electron chi connectivity index (χ3n) is 1.97. The van der Waals surface area contributed by atoms with Crippen molar-refractivity contribution < 1.29 is 14.6 Å². The molecule has 1 aromatic carbocycles. The molecule has 3 nitrogen and oxygen atoms in total. The molecule has 3 heteroatoms. The second-order valence-corrected chi connectivity index (χ2v) is 3.43.